The Labute approximate surface area is 120 Å². The zero-order chi connectivity index (χ0) is 15.0. The van der Waals surface area contributed by atoms with Crippen LogP contribution in [-0.2, 0) is 20.8 Å². The molecule has 6 nitrogen and oxygen atoms in total. The Kier molecular flexibility index (Phi) is 6.58. The number of para-hydroxylation sites is 1. The molecule has 7 heteroatoms. The Balaban J connectivity index is 2.60. The predicted octanol–water partition coefficient (Wildman–Crippen LogP) is 0.731. The van der Waals surface area contributed by atoms with Crippen molar-refractivity contribution in [2.75, 3.05) is 23.9 Å². The molecule has 3 N–H and O–H groups in total. The van der Waals surface area contributed by atoms with Crippen LogP contribution in [0.3, 0.4) is 0 Å². The molecule has 0 heterocycles. The number of rotatable bonds is 7. The molecule has 0 aliphatic carbocycles. The van der Waals surface area contributed by atoms with Crippen LogP contribution in [0.2, 0.25) is 0 Å². The molecule has 0 fully saturated rings. The lowest BCUT2D eigenvalue weighted by molar-refractivity contribution is -0.133. The van der Waals surface area contributed by atoms with E-state index in [0.717, 1.165) is 11.8 Å². The Morgan fingerprint density at radius 2 is 1.85 bits per heavy atom. The molecule has 1 aromatic rings. The van der Waals surface area contributed by atoms with Crippen molar-refractivity contribution in [1.29, 1.82) is 0 Å². The van der Waals surface area contributed by atoms with E-state index in [-0.39, 0.29) is 29.7 Å². The number of carboxylic acid groups (broad SMARTS) is 1. The van der Waals surface area contributed by atoms with E-state index in [1.807, 2.05) is 0 Å². The summed E-state index contributed by atoms with van der Waals surface area (Å²) in [7, 11) is 1.55. The molecule has 0 radical (unpaired) electrons. The molecule has 0 aliphatic heterocycles. The Hall–Kier alpha value is -2.02. The lowest BCUT2D eigenvalue weighted by Crippen LogP contribution is -2.22. The van der Waals surface area contributed by atoms with Crippen molar-refractivity contribution in [3.05, 3.63) is 29.8 Å². The van der Waals surface area contributed by atoms with E-state index in [2.05, 4.69) is 10.6 Å². The summed E-state index contributed by atoms with van der Waals surface area (Å²) in [6.07, 6.45) is 0.176. The van der Waals surface area contributed by atoms with Crippen molar-refractivity contribution < 1.29 is 19.5 Å². The van der Waals surface area contributed by atoms with Crippen molar-refractivity contribution in [1.82, 2.24) is 5.32 Å². The van der Waals surface area contributed by atoms with Gasteiger partial charge in [-0.15, -0.1) is 11.8 Å². The molecule has 1 aromatic carbocycles. The molecule has 0 unspecified atom stereocenters. The standard InChI is InChI=1S/C13H16N2O4S/c1-14-11(16)6-9-4-2-3-5-10(9)15-12(17)7-20-8-13(18)19/h2-5H,6-8H2,1H3,(H,14,16)(H,15,17)(H,18,19). The van der Waals surface area contributed by atoms with E-state index >= 15 is 0 Å². The van der Waals surface area contributed by atoms with Crippen LogP contribution in [0, 0.1) is 0 Å². The molecule has 0 aliphatic rings. The van der Waals surface area contributed by atoms with E-state index in [0.29, 0.717) is 11.3 Å². The highest BCUT2D eigenvalue weighted by atomic mass is 32.2. The molecule has 0 spiro atoms. The molecule has 0 saturated carbocycles. The third-order valence-corrected chi connectivity index (χ3v) is 3.30. The number of aliphatic carboxylic acids is 1. The highest BCUT2D eigenvalue weighted by Crippen LogP contribution is 2.16. The highest BCUT2D eigenvalue weighted by molar-refractivity contribution is 8.00. The van der Waals surface area contributed by atoms with Gasteiger partial charge in [-0.05, 0) is 11.6 Å². The second kappa shape index (κ2) is 8.21. The quantitative estimate of drug-likeness (QED) is 0.689. The highest BCUT2D eigenvalue weighted by Gasteiger charge is 2.10. The Bertz CT molecular complexity index is 505. The lowest BCUT2D eigenvalue weighted by Gasteiger charge is -2.10. The maximum atomic E-state index is 11.7. The molecular formula is C13H16N2O4S. The summed E-state index contributed by atoms with van der Waals surface area (Å²) in [6.45, 7) is 0. The monoisotopic (exact) mass is 296 g/mol. The lowest BCUT2D eigenvalue weighted by atomic mass is 10.1. The van der Waals surface area contributed by atoms with Crippen LogP contribution in [0.4, 0.5) is 5.69 Å². The minimum Gasteiger partial charge on any atom is -0.481 e. The first-order valence-electron chi connectivity index (χ1n) is 5.90. The molecule has 0 aromatic heterocycles. The van der Waals surface area contributed by atoms with Crippen molar-refractivity contribution in [2.45, 2.75) is 6.42 Å². The zero-order valence-electron chi connectivity index (χ0n) is 11.0. The van der Waals surface area contributed by atoms with Gasteiger partial charge in [0.25, 0.3) is 0 Å². The fraction of sp³-hybridized carbons (Fsp3) is 0.308. The van der Waals surface area contributed by atoms with Gasteiger partial charge in [-0.1, -0.05) is 18.2 Å². The fourth-order valence-corrected chi connectivity index (χ4v) is 2.01. The van der Waals surface area contributed by atoms with Gasteiger partial charge < -0.3 is 15.7 Å². The minimum absolute atomic E-state index is 0.0562. The Morgan fingerprint density at radius 1 is 1.15 bits per heavy atom. The second-order valence-electron chi connectivity index (χ2n) is 3.94. The van der Waals surface area contributed by atoms with Gasteiger partial charge >= 0.3 is 5.97 Å². The Morgan fingerprint density at radius 3 is 2.50 bits per heavy atom. The average molecular weight is 296 g/mol. The van der Waals surface area contributed by atoms with Gasteiger partial charge in [0.2, 0.25) is 11.8 Å². The SMILES string of the molecule is CNC(=O)Cc1ccccc1NC(=O)CSCC(=O)O. The average Bonchev–Trinajstić information content (AvgIpc) is 2.40. The summed E-state index contributed by atoms with van der Waals surface area (Å²) < 4.78 is 0. The molecule has 2 amide bonds. The van der Waals surface area contributed by atoms with Gasteiger partial charge in [0, 0.05) is 12.7 Å². The number of hydrogen-bond donors (Lipinski definition) is 3. The van der Waals surface area contributed by atoms with E-state index in [1.54, 1.807) is 31.3 Å². The molecular weight excluding hydrogens is 280 g/mol. The van der Waals surface area contributed by atoms with Gasteiger partial charge in [-0.25, -0.2) is 0 Å². The molecule has 1 rings (SSSR count). The third-order valence-electron chi connectivity index (χ3n) is 2.38. The van der Waals surface area contributed by atoms with Crippen LogP contribution < -0.4 is 10.6 Å². The van der Waals surface area contributed by atoms with Crippen LogP contribution in [0.15, 0.2) is 24.3 Å². The number of benzene rings is 1. The maximum Gasteiger partial charge on any atom is 0.313 e. The normalized spacial score (nSPS) is 9.85. The zero-order valence-corrected chi connectivity index (χ0v) is 11.8. The number of hydrogen-bond acceptors (Lipinski definition) is 4. The van der Waals surface area contributed by atoms with Crippen molar-refractivity contribution in [3.63, 3.8) is 0 Å². The molecule has 0 saturated heterocycles. The minimum atomic E-state index is -0.956. The number of thioether (sulfide) groups is 1. The van der Waals surface area contributed by atoms with Crippen LogP contribution in [0.25, 0.3) is 0 Å². The van der Waals surface area contributed by atoms with Crippen LogP contribution >= 0.6 is 11.8 Å². The van der Waals surface area contributed by atoms with Crippen LogP contribution in [0.1, 0.15) is 5.56 Å². The summed E-state index contributed by atoms with van der Waals surface area (Å²) in [5, 5.41) is 13.7. The largest absolute Gasteiger partial charge is 0.481 e. The van der Waals surface area contributed by atoms with E-state index in [1.165, 1.54) is 0 Å². The number of amides is 2. The van der Waals surface area contributed by atoms with Gasteiger partial charge in [-0.3, -0.25) is 14.4 Å². The first-order chi connectivity index (χ1) is 9.52. The smallest absolute Gasteiger partial charge is 0.313 e. The number of likely N-dealkylation sites (N-methyl/N-ethyl adjacent to an activating group) is 1. The number of carbonyl (C=O) groups is 3. The molecule has 108 valence electrons. The van der Waals surface area contributed by atoms with Gasteiger partial charge in [0.15, 0.2) is 0 Å². The van der Waals surface area contributed by atoms with Crippen molar-refractivity contribution >= 4 is 35.2 Å². The summed E-state index contributed by atoms with van der Waals surface area (Å²) in [6, 6.07) is 7.01. The summed E-state index contributed by atoms with van der Waals surface area (Å²) in [5.74, 6) is -1.45. The topological polar surface area (TPSA) is 95.5 Å². The maximum absolute atomic E-state index is 11.7. The molecule has 0 bridgehead atoms. The third kappa shape index (κ3) is 5.75. The van der Waals surface area contributed by atoms with Gasteiger partial charge in [-0.2, -0.15) is 0 Å². The van der Waals surface area contributed by atoms with E-state index in [4.69, 9.17) is 5.11 Å². The number of carbonyl (C=O) groups excluding carboxylic acids is 2. The number of carboxylic acids is 1. The van der Waals surface area contributed by atoms with Crippen LogP contribution in [-0.4, -0.2) is 41.4 Å². The predicted molar refractivity (Wildman–Crippen MR) is 77.8 cm³/mol. The van der Waals surface area contributed by atoms with Crippen LogP contribution in [0.5, 0.6) is 0 Å². The first kappa shape index (κ1) is 16.0. The van der Waals surface area contributed by atoms with Crippen molar-refractivity contribution in [3.8, 4) is 0 Å². The summed E-state index contributed by atoms with van der Waals surface area (Å²) in [4.78, 5) is 33.4. The van der Waals surface area contributed by atoms with Gasteiger partial charge in [0.1, 0.15) is 0 Å². The second-order valence-corrected chi connectivity index (χ2v) is 4.93. The first-order valence-corrected chi connectivity index (χ1v) is 7.06. The molecule has 20 heavy (non-hydrogen) atoms. The summed E-state index contributed by atoms with van der Waals surface area (Å²) >= 11 is 1.02. The van der Waals surface area contributed by atoms with Crippen molar-refractivity contribution in [2.24, 2.45) is 0 Å². The number of nitrogens with one attached hydrogen (secondary N) is 2. The summed E-state index contributed by atoms with van der Waals surface area (Å²) in [5.41, 5.74) is 1.28. The molecule has 0 atom stereocenters. The van der Waals surface area contributed by atoms with Gasteiger partial charge in [0.05, 0.1) is 17.9 Å². The fourth-order valence-electron chi connectivity index (χ4n) is 1.48. The van der Waals surface area contributed by atoms with E-state index < -0.39 is 5.97 Å². The van der Waals surface area contributed by atoms with E-state index in [9.17, 15) is 14.4 Å². The number of anilines is 1.